The molecular weight excluding hydrogens is 313 g/mol. The van der Waals surface area contributed by atoms with Crippen LogP contribution < -0.4 is 10.7 Å². The Kier molecular flexibility index (Phi) is 4.20. The molecule has 1 fully saturated rings. The Hall–Kier alpha value is -0.630. The molecule has 2 rings (SSSR count). The minimum atomic E-state index is -3.51. The van der Waals surface area contributed by atoms with E-state index in [9.17, 15) is 13.2 Å². The molecule has 1 aliphatic carbocycles. The SMILES string of the molecule is NS(=O)(=O)C1CCC(n2ncc(Cl)c(Cl)c2=O)CC1. The molecule has 0 aromatic carbocycles. The average Bonchev–Trinajstić information content (AvgIpc) is 2.35. The molecular formula is C10H13Cl2N3O3S. The summed E-state index contributed by atoms with van der Waals surface area (Å²) in [7, 11) is -3.51. The van der Waals surface area contributed by atoms with Gasteiger partial charge < -0.3 is 0 Å². The monoisotopic (exact) mass is 325 g/mol. The second kappa shape index (κ2) is 5.40. The third-order valence-electron chi connectivity index (χ3n) is 3.36. The number of sulfonamides is 1. The molecule has 0 aliphatic heterocycles. The molecule has 0 unspecified atom stereocenters. The molecule has 0 bridgehead atoms. The second-order valence-electron chi connectivity index (χ2n) is 4.58. The topological polar surface area (TPSA) is 95.1 Å². The Balaban J connectivity index is 2.19. The highest BCUT2D eigenvalue weighted by Crippen LogP contribution is 2.30. The van der Waals surface area contributed by atoms with Gasteiger partial charge in [0.15, 0.2) is 0 Å². The molecule has 106 valence electrons. The normalized spacial score (nSPS) is 24.4. The van der Waals surface area contributed by atoms with Crippen molar-refractivity contribution >= 4 is 33.2 Å². The van der Waals surface area contributed by atoms with Crippen LogP contribution >= 0.6 is 23.2 Å². The molecule has 1 aliphatic rings. The number of nitrogens with zero attached hydrogens (tertiary/aromatic N) is 2. The third-order valence-corrected chi connectivity index (χ3v) is 5.50. The number of rotatable bonds is 2. The summed E-state index contributed by atoms with van der Waals surface area (Å²) in [5, 5.41) is 8.58. The van der Waals surface area contributed by atoms with Gasteiger partial charge in [0.1, 0.15) is 5.02 Å². The quantitative estimate of drug-likeness (QED) is 0.887. The molecule has 1 aromatic rings. The average molecular weight is 326 g/mol. The van der Waals surface area contributed by atoms with Crippen LogP contribution in [0.1, 0.15) is 31.7 Å². The van der Waals surface area contributed by atoms with Crippen molar-refractivity contribution in [1.29, 1.82) is 0 Å². The predicted octanol–water partition coefficient (Wildman–Crippen LogP) is 1.32. The zero-order chi connectivity index (χ0) is 14.2. The first-order valence-electron chi connectivity index (χ1n) is 5.75. The molecule has 1 saturated carbocycles. The van der Waals surface area contributed by atoms with Gasteiger partial charge in [-0.1, -0.05) is 23.2 Å². The van der Waals surface area contributed by atoms with Crippen LogP contribution in [0.4, 0.5) is 0 Å². The zero-order valence-electron chi connectivity index (χ0n) is 9.92. The summed E-state index contributed by atoms with van der Waals surface area (Å²) >= 11 is 11.5. The molecule has 1 aromatic heterocycles. The van der Waals surface area contributed by atoms with Gasteiger partial charge in [0, 0.05) is 0 Å². The molecule has 0 radical (unpaired) electrons. The fraction of sp³-hybridized carbons (Fsp3) is 0.600. The maximum Gasteiger partial charge on any atom is 0.287 e. The Morgan fingerprint density at radius 1 is 1.26 bits per heavy atom. The fourth-order valence-corrected chi connectivity index (χ4v) is 3.49. The molecule has 1 heterocycles. The summed E-state index contributed by atoms with van der Waals surface area (Å²) in [6.45, 7) is 0. The van der Waals surface area contributed by atoms with Crippen LogP contribution in [0.2, 0.25) is 10.0 Å². The Bertz CT molecular complexity index is 636. The van der Waals surface area contributed by atoms with Gasteiger partial charge in [-0.3, -0.25) is 4.79 Å². The fourth-order valence-electron chi connectivity index (χ4n) is 2.30. The minimum Gasteiger partial charge on any atom is -0.266 e. The smallest absolute Gasteiger partial charge is 0.266 e. The van der Waals surface area contributed by atoms with Crippen molar-refractivity contribution in [2.45, 2.75) is 37.0 Å². The van der Waals surface area contributed by atoms with E-state index in [4.69, 9.17) is 28.3 Å². The van der Waals surface area contributed by atoms with Gasteiger partial charge >= 0.3 is 0 Å². The van der Waals surface area contributed by atoms with Crippen LogP contribution in [-0.4, -0.2) is 23.4 Å². The lowest BCUT2D eigenvalue weighted by molar-refractivity contribution is 0.318. The molecule has 0 spiro atoms. The van der Waals surface area contributed by atoms with E-state index in [2.05, 4.69) is 5.10 Å². The van der Waals surface area contributed by atoms with E-state index in [1.807, 2.05) is 0 Å². The lowest BCUT2D eigenvalue weighted by Crippen LogP contribution is -2.36. The van der Waals surface area contributed by atoms with E-state index in [0.717, 1.165) is 0 Å². The third kappa shape index (κ3) is 3.10. The van der Waals surface area contributed by atoms with Crippen molar-refractivity contribution in [2.75, 3.05) is 0 Å². The zero-order valence-corrected chi connectivity index (χ0v) is 12.2. The second-order valence-corrected chi connectivity index (χ2v) is 7.21. The largest absolute Gasteiger partial charge is 0.287 e. The first-order valence-corrected chi connectivity index (χ1v) is 8.11. The van der Waals surface area contributed by atoms with Crippen molar-refractivity contribution in [3.05, 3.63) is 26.6 Å². The van der Waals surface area contributed by atoms with Gasteiger partial charge in [0.25, 0.3) is 5.56 Å². The molecule has 19 heavy (non-hydrogen) atoms. The Morgan fingerprint density at radius 3 is 2.37 bits per heavy atom. The first kappa shape index (κ1) is 14.8. The molecule has 0 saturated heterocycles. The Morgan fingerprint density at radius 2 is 1.84 bits per heavy atom. The van der Waals surface area contributed by atoms with E-state index in [-0.39, 0.29) is 16.1 Å². The Labute approximate surface area is 120 Å². The molecule has 2 N–H and O–H groups in total. The van der Waals surface area contributed by atoms with Crippen molar-refractivity contribution in [2.24, 2.45) is 5.14 Å². The van der Waals surface area contributed by atoms with Crippen LogP contribution in [0, 0.1) is 0 Å². The van der Waals surface area contributed by atoms with Crippen molar-refractivity contribution in [3.8, 4) is 0 Å². The van der Waals surface area contributed by atoms with Gasteiger partial charge in [-0.05, 0) is 25.7 Å². The molecule has 0 atom stereocenters. The summed E-state index contributed by atoms with van der Waals surface area (Å²) in [5.41, 5.74) is -0.451. The lowest BCUT2D eigenvalue weighted by Gasteiger charge is -2.27. The lowest BCUT2D eigenvalue weighted by atomic mass is 9.95. The van der Waals surface area contributed by atoms with E-state index in [1.54, 1.807) is 0 Å². The van der Waals surface area contributed by atoms with Crippen molar-refractivity contribution in [1.82, 2.24) is 9.78 Å². The van der Waals surface area contributed by atoms with Gasteiger partial charge in [0.2, 0.25) is 10.0 Å². The predicted molar refractivity (Wildman–Crippen MR) is 72.9 cm³/mol. The number of nitrogens with two attached hydrogens (primary N) is 1. The van der Waals surface area contributed by atoms with Gasteiger partial charge in [-0.2, -0.15) is 5.10 Å². The number of aromatic nitrogens is 2. The van der Waals surface area contributed by atoms with Gasteiger partial charge in [0.05, 0.1) is 22.5 Å². The highest BCUT2D eigenvalue weighted by Gasteiger charge is 2.30. The molecule has 6 nitrogen and oxygen atoms in total. The van der Waals surface area contributed by atoms with Gasteiger partial charge in [-0.25, -0.2) is 18.2 Å². The standard InChI is InChI=1S/C10H13Cl2N3O3S/c11-8-5-14-15(10(16)9(8)12)6-1-3-7(4-2-6)19(13,17)18/h5-7H,1-4H2,(H2,13,17,18). The maximum atomic E-state index is 11.9. The first-order chi connectivity index (χ1) is 8.80. The summed E-state index contributed by atoms with van der Waals surface area (Å²) < 4.78 is 23.8. The van der Waals surface area contributed by atoms with E-state index in [0.29, 0.717) is 25.7 Å². The minimum absolute atomic E-state index is 0.0646. The van der Waals surface area contributed by atoms with E-state index in [1.165, 1.54) is 10.9 Å². The maximum absolute atomic E-state index is 11.9. The van der Waals surface area contributed by atoms with Crippen molar-refractivity contribution in [3.63, 3.8) is 0 Å². The summed E-state index contributed by atoms with van der Waals surface area (Å²) in [6.07, 6.45) is 3.19. The summed E-state index contributed by atoms with van der Waals surface area (Å²) in [4.78, 5) is 11.9. The summed E-state index contributed by atoms with van der Waals surface area (Å²) in [6, 6.07) is -0.166. The van der Waals surface area contributed by atoms with Gasteiger partial charge in [-0.15, -0.1) is 0 Å². The van der Waals surface area contributed by atoms with Crippen LogP contribution in [0.5, 0.6) is 0 Å². The number of hydrogen-bond donors (Lipinski definition) is 1. The van der Waals surface area contributed by atoms with Crippen LogP contribution in [0.3, 0.4) is 0 Å². The van der Waals surface area contributed by atoms with E-state index < -0.39 is 20.8 Å². The van der Waals surface area contributed by atoms with Crippen LogP contribution in [0.25, 0.3) is 0 Å². The molecule has 9 heteroatoms. The highest BCUT2D eigenvalue weighted by molar-refractivity contribution is 7.89. The number of halogens is 2. The van der Waals surface area contributed by atoms with Crippen LogP contribution in [-0.2, 0) is 10.0 Å². The number of primary sulfonamides is 1. The highest BCUT2D eigenvalue weighted by atomic mass is 35.5. The van der Waals surface area contributed by atoms with Crippen molar-refractivity contribution < 1.29 is 8.42 Å². The summed E-state index contributed by atoms with van der Waals surface area (Å²) in [5.74, 6) is 0. The van der Waals surface area contributed by atoms with E-state index >= 15 is 0 Å². The number of hydrogen-bond acceptors (Lipinski definition) is 4. The van der Waals surface area contributed by atoms with Crippen LogP contribution in [0.15, 0.2) is 11.0 Å². The molecule has 0 amide bonds.